The number of carbonyl (C=O) groups excluding carboxylic acids is 2. The Bertz CT molecular complexity index is 565. The number of aliphatic carboxylic acids is 1. The van der Waals surface area contributed by atoms with Gasteiger partial charge in [0.25, 0.3) is 0 Å². The molecule has 9 heteroatoms. The molecule has 0 aliphatic rings. The molecule has 0 aromatic heterocycles. The summed E-state index contributed by atoms with van der Waals surface area (Å²) in [5.74, 6) is -1.28. The van der Waals surface area contributed by atoms with Crippen molar-refractivity contribution in [1.82, 2.24) is 0 Å². The van der Waals surface area contributed by atoms with Crippen molar-refractivity contribution in [2.75, 3.05) is 48.5 Å². The lowest BCUT2D eigenvalue weighted by molar-refractivity contribution is -0.883. The first-order valence-electron chi connectivity index (χ1n) is 8.94. The number of likely N-dealkylation sites (N-methyl/N-ethyl adjacent to an activating group) is 1. The van der Waals surface area contributed by atoms with Gasteiger partial charge in [0.1, 0.15) is 6.61 Å². The fourth-order valence-corrected chi connectivity index (χ4v) is 4.20. The molecule has 0 spiro atoms. The highest BCUT2D eigenvalue weighted by atomic mass is 28.4. The minimum Gasteiger partial charge on any atom is -0.550 e. The Morgan fingerprint density at radius 3 is 2.00 bits per heavy atom. The highest BCUT2D eigenvalue weighted by molar-refractivity contribution is 6.60. The third-order valence-corrected chi connectivity index (χ3v) is 6.81. The van der Waals surface area contributed by atoms with Crippen LogP contribution in [0.3, 0.4) is 0 Å². The van der Waals surface area contributed by atoms with Crippen LogP contribution in [0.5, 0.6) is 0 Å². The molecule has 0 fully saturated rings. The van der Waals surface area contributed by atoms with Crippen molar-refractivity contribution >= 4 is 20.7 Å². The maximum Gasteiger partial charge on any atom is 0.500 e. The van der Waals surface area contributed by atoms with Gasteiger partial charge in [0.15, 0.2) is 6.54 Å². The van der Waals surface area contributed by atoms with Crippen molar-refractivity contribution in [2.45, 2.75) is 26.0 Å². The number of quaternary nitrogens is 1. The van der Waals surface area contributed by atoms with Crippen LogP contribution in [-0.4, -0.2) is 73.7 Å². The summed E-state index contributed by atoms with van der Waals surface area (Å²) in [5.41, 5.74) is 0.993. The van der Waals surface area contributed by atoms with Crippen molar-refractivity contribution in [3.05, 3.63) is 35.9 Å². The van der Waals surface area contributed by atoms with Gasteiger partial charge in [-0.1, -0.05) is 30.3 Å². The highest BCUT2D eigenvalue weighted by Crippen LogP contribution is 2.16. The quantitative estimate of drug-likeness (QED) is 0.300. The fourth-order valence-electron chi connectivity index (χ4n) is 2.49. The topological polar surface area (TPSA) is 94.1 Å². The number of esters is 1. The lowest BCUT2D eigenvalue weighted by Gasteiger charge is -2.30. The number of hydrogen-bond acceptors (Lipinski definition) is 7. The predicted molar refractivity (Wildman–Crippen MR) is 105 cm³/mol. The number of ether oxygens (including phenoxy) is 1. The highest BCUT2D eigenvalue weighted by Gasteiger charge is 2.38. The van der Waals surface area contributed by atoms with Crippen LogP contribution >= 0.6 is 0 Å². The van der Waals surface area contributed by atoms with Gasteiger partial charge in [-0.05, 0) is 12.5 Å². The lowest BCUT2D eigenvalue weighted by Crippen LogP contribution is -2.47. The van der Waals surface area contributed by atoms with E-state index in [1.165, 1.54) is 0 Å². The molecular weight excluding hydrogens is 382 g/mol. The summed E-state index contributed by atoms with van der Waals surface area (Å²) in [6.07, 6.45) is 0.848. The maximum atomic E-state index is 12.1. The second-order valence-corrected chi connectivity index (χ2v) is 9.95. The first-order valence-corrected chi connectivity index (χ1v) is 10.9. The van der Waals surface area contributed by atoms with Gasteiger partial charge in [-0.2, -0.15) is 0 Å². The van der Waals surface area contributed by atoms with Gasteiger partial charge >= 0.3 is 14.8 Å². The van der Waals surface area contributed by atoms with E-state index in [2.05, 4.69) is 0 Å². The predicted octanol–water partition coefficient (Wildman–Crippen LogP) is 0.831. The maximum absolute atomic E-state index is 12.1. The van der Waals surface area contributed by atoms with E-state index in [-0.39, 0.29) is 5.97 Å². The lowest BCUT2D eigenvalue weighted by atomic mass is 10.2. The van der Waals surface area contributed by atoms with Crippen LogP contribution in [-0.2, 0) is 34.2 Å². The van der Waals surface area contributed by atoms with Crippen LogP contribution in [0.15, 0.2) is 30.3 Å². The Kier molecular flexibility index (Phi) is 12.5. The Hall–Kier alpha value is -1.78. The Balaban J connectivity index is 0.00000165. The van der Waals surface area contributed by atoms with Crippen molar-refractivity contribution in [3.8, 4) is 0 Å². The van der Waals surface area contributed by atoms with Gasteiger partial charge in [0.2, 0.25) is 0 Å². The zero-order valence-electron chi connectivity index (χ0n) is 17.7. The normalized spacial score (nSPS) is 11.4. The minimum atomic E-state index is -2.54. The van der Waals surface area contributed by atoms with Gasteiger partial charge in [-0.25, -0.2) is 4.79 Å². The summed E-state index contributed by atoms with van der Waals surface area (Å²) in [5, 5.41) is 8.89. The van der Waals surface area contributed by atoms with E-state index < -0.39 is 14.8 Å². The molecule has 0 amide bonds. The van der Waals surface area contributed by atoms with Crippen LogP contribution in [0, 0.1) is 0 Å². The first-order chi connectivity index (χ1) is 13.1. The molecule has 0 aliphatic heterocycles. The van der Waals surface area contributed by atoms with Crippen molar-refractivity contribution in [3.63, 3.8) is 0 Å². The largest absolute Gasteiger partial charge is 0.550 e. The second kappa shape index (κ2) is 13.4. The molecule has 0 saturated carbocycles. The standard InChI is InChI=1S/C17H30NO5Si.C2H4O2/c1-18(2,12-9-13-24(20-3,21-4)22-5)14-17(19)23-15-16-10-7-6-8-11-16;1-2(3)4/h6-8,10-11H,9,12-15H2,1-5H3;1H3,(H,3,4)/q+1;/p-1. The van der Waals surface area contributed by atoms with Crippen LogP contribution in [0.4, 0.5) is 0 Å². The van der Waals surface area contributed by atoms with E-state index in [0.29, 0.717) is 17.6 Å². The molecule has 28 heavy (non-hydrogen) atoms. The zero-order chi connectivity index (χ0) is 21.6. The molecule has 0 saturated heterocycles. The summed E-state index contributed by atoms with van der Waals surface area (Å²) < 4.78 is 22.2. The summed E-state index contributed by atoms with van der Waals surface area (Å²) >= 11 is 0. The van der Waals surface area contributed by atoms with Crippen LogP contribution in [0.1, 0.15) is 18.9 Å². The summed E-state index contributed by atoms with van der Waals surface area (Å²) in [7, 11) is 6.32. The van der Waals surface area contributed by atoms with Crippen LogP contribution < -0.4 is 5.11 Å². The number of carbonyl (C=O) groups is 2. The molecule has 0 atom stereocenters. The SMILES string of the molecule is CC(=O)[O-].CO[Si](CCC[N+](C)(C)CC(=O)OCc1ccccc1)(OC)OC. The number of carboxylic acids is 1. The van der Waals surface area contributed by atoms with E-state index >= 15 is 0 Å². The molecule has 0 unspecified atom stereocenters. The van der Waals surface area contributed by atoms with E-state index in [1.54, 1.807) is 21.3 Å². The van der Waals surface area contributed by atoms with Crippen molar-refractivity contribution in [2.24, 2.45) is 0 Å². The number of nitrogens with zero attached hydrogens (tertiary/aromatic N) is 1. The third-order valence-electron chi connectivity index (χ3n) is 3.98. The molecule has 8 nitrogen and oxygen atoms in total. The molecule has 0 aliphatic carbocycles. The van der Waals surface area contributed by atoms with Gasteiger partial charge in [0.05, 0.1) is 20.6 Å². The van der Waals surface area contributed by atoms with E-state index in [0.717, 1.165) is 31.5 Å². The van der Waals surface area contributed by atoms with E-state index in [9.17, 15) is 4.79 Å². The number of benzene rings is 1. The van der Waals surface area contributed by atoms with Gasteiger partial charge in [-0.3, -0.25) is 0 Å². The molecule has 0 bridgehead atoms. The molecule has 1 rings (SSSR count). The average Bonchev–Trinajstić information content (AvgIpc) is 2.64. The summed E-state index contributed by atoms with van der Waals surface area (Å²) in [4.78, 5) is 20.9. The van der Waals surface area contributed by atoms with Crippen LogP contribution in [0.25, 0.3) is 0 Å². The Labute approximate surface area is 168 Å². The van der Waals surface area contributed by atoms with E-state index in [4.69, 9.17) is 27.9 Å². The zero-order valence-corrected chi connectivity index (χ0v) is 18.7. The molecule has 160 valence electrons. The van der Waals surface area contributed by atoms with E-state index in [1.807, 2.05) is 44.4 Å². The molecular formula is C19H33NO7Si. The number of carboxylic acid groups (broad SMARTS) is 1. The monoisotopic (exact) mass is 415 g/mol. The van der Waals surface area contributed by atoms with Gasteiger partial charge in [-0.15, -0.1) is 0 Å². The number of rotatable bonds is 11. The molecule has 0 radical (unpaired) electrons. The number of hydrogen-bond donors (Lipinski definition) is 0. The summed E-state index contributed by atoms with van der Waals surface area (Å²) in [6, 6.07) is 10.4. The van der Waals surface area contributed by atoms with Gasteiger partial charge in [0, 0.05) is 39.8 Å². The molecule has 1 aromatic rings. The second-order valence-electron chi connectivity index (χ2n) is 6.85. The van der Waals surface area contributed by atoms with Crippen molar-refractivity contribution in [1.29, 1.82) is 0 Å². The smallest absolute Gasteiger partial charge is 0.500 e. The Morgan fingerprint density at radius 1 is 1.04 bits per heavy atom. The first kappa shape index (κ1) is 26.2. The summed E-state index contributed by atoms with van der Waals surface area (Å²) in [6.45, 7) is 2.42. The van der Waals surface area contributed by atoms with Gasteiger partial charge < -0.3 is 32.4 Å². The minimum absolute atomic E-state index is 0.197. The molecule has 0 heterocycles. The molecule has 1 aromatic carbocycles. The third kappa shape index (κ3) is 11.8. The fraction of sp³-hybridized carbons (Fsp3) is 0.579. The average molecular weight is 416 g/mol. The van der Waals surface area contributed by atoms with Crippen molar-refractivity contribution < 1.29 is 37.2 Å². The molecule has 0 N–H and O–H groups in total. The Morgan fingerprint density at radius 2 is 1.54 bits per heavy atom. The van der Waals surface area contributed by atoms with Crippen LogP contribution in [0.2, 0.25) is 6.04 Å².